The van der Waals surface area contributed by atoms with Crippen molar-refractivity contribution in [2.75, 3.05) is 10.2 Å². The quantitative estimate of drug-likeness (QED) is 0.188. The van der Waals surface area contributed by atoms with Gasteiger partial charge in [-0.3, -0.25) is 0 Å². The Hall–Kier alpha value is -8.40. The summed E-state index contributed by atoms with van der Waals surface area (Å²) in [6.07, 6.45) is 0. The summed E-state index contributed by atoms with van der Waals surface area (Å²) in [5.41, 5.74) is 17.0. The number of nitrogens with zero attached hydrogens (tertiary/aromatic N) is 1. The van der Waals surface area contributed by atoms with Gasteiger partial charge in [0, 0.05) is 33.5 Å². The monoisotopic (exact) mass is 814 g/mol. The molecule has 1 unspecified atom stereocenters. The van der Waals surface area contributed by atoms with Gasteiger partial charge in [0.25, 0.3) is 0 Å². The van der Waals surface area contributed by atoms with Gasteiger partial charge in [0.15, 0.2) is 5.58 Å². The molecule has 0 saturated heterocycles. The molecule has 0 aliphatic heterocycles. The average molecular weight is 815 g/mol. The number of rotatable bonds is 5. The first-order valence-electron chi connectivity index (χ1n) is 22.1. The van der Waals surface area contributed by atoms with Crippen molar-refractivity contribution in [1.82, 2.24) is 0 Å². The van der Waals surface area contributed by atoms with Crippen LogP contribution in [-0.2, 0) is 5.41 Å². The summed E-state index contributed by atoms with van der Waals surface area (Å²) in [6, 6.07) is 82.2. The van der Waals surface area contributed by atoms with E-state index in [4.69, 9.17) is 4.42 Å². The summed E-state index contributed by atoms with van der Waals surface area (Å²) >= 11 is 0. The van der Waals surface area contributed by atoms with Gasteiger partial charge >= 0.3 is 0 Å². The maximum atomic E-state index is 6.68. The second-order valence-electron chi connectivity index (χ2n) is 17.3. The molecule has 1 heterocycles. The zero-order valence-corrected chi connectivity index (χ0v) is 34.7. The van der Waals surface area contributed by atoms with Gasteiger partial charge in [-0.25, -0.2) is 0 Å². The van der Waals surface area contributed by atoms with Crippen LogP contribution in [0.5, 0.6) is 0 Å². The number of anilines is 5. The van der Waals surface area contributed by atoms with Crippen molar-refractivity contribution < 1.29 is 4.42 Å². The Labute approximate surface area is 370 Å². The topological polar surface area (TPSA) is 28.4 Å². The summed E-state index contributed by atoms with van der Waals surface area (Å²) in [5.74, 6) is 0. The number of para-hydroxylation sites is 4. The van der Waals surface area contributed by atoms with Crippen LogP contribution in [0.3, 0.4) is 0 Å². The van der Waals surface area contributed by atoms with E-state index in [-0.39, 0.29) is 0 Å². The van der Waals surface area contributed by atoms with Crippen LogP contribution in [0.2, 0.25) is 0 Å². The summed E-state index contributed by atoms with van der Waals surface area (Å²) in [5, 5.41) is 13.3. The lowest BCUT2D eigenvalue weighted by molar-refractivity contribution is 0.669. The molecule has 11 aromatic carbocycles. The van der Waals surface area contributed by atoms with Crippen LogP contribution in [-0.4, -0.2) is 0 Å². The Kier molecular flexibility index (Phi) is 7.32. The van der Waals surface area contributed by atoms with Gasteiger partial charge in [-0.15, -0.1) is 0 Å². The van der Waals surface area contributed by atoms with E-state index in [1.165, 1.54) is 76.8 Å². The van der Waals surface area contributed by atoms with Crippen molar-refractivity contribution in [2.24, 2.45) is 0 Å². The van der Waals surface area contributed by atoms with Crippen molar-refractivity contribution in [1.29, 1.82) is 0 Å². The van der Waals surface area contributed by atoms with Gasteiger partial charge in [-0.1, -0.05) is 152 Å². The molecule has 1 atom stereocenters. The normalized spacial score (nSPS) is 14.6. The minimum absolute atomic E-state index is 0.558. The lowest BCUT2D eigenvalue weighted by atomic mass is 9.69. The molecule has 0 bridgehead atoms. The van der Waals surface area contributed by atoms with E-state index in [0.717, 1.165) is 50.4 Å². The summed E-state index contributed by atoms with van der Waals surface area (Å²) < 4.78 is 6.68. The third-order valence-corrected chi connectivity index (χ3v) is 13.9. The Morgan fingerprint density at radius 2 is 1.12 bits per heavy atom. The predicted octanol–water partition coefficient (Wildman–Crippen LogP) is 16.6. The molecular formula is C61H38N2O. The Bertz CT molecular complexity index is 3890. The second-order valence-corrected chi connectivity index (χ2v) is 17.3. The molecule has 0 saturated carbocycles. The fourth-order valence-corrected chi connectivity index (χ4v) is 11.3. The molecule has 14 rings (SSSR count). The van der Waals surface area contributed by atoms with Crippen molar-refractivity contribution in [3.8, 4) is 22.3 Å². The zero-order valence-electron chi connectivity index (χ0n) is 34.7. The first-order chi connectivity index (χ1) is 31.7. The third kappa shape index (κ3) is 4.86. The lowest BCUT2D eigenvalue weighted by Gasteiger charge is -2.32. The molecule has 3 heteroatoms. The van der Waals surface area contributed by atoms with Gasteiger partial charge in [0.1, 0.15) is 5.58 Å². The lowest BCUT2D eigenvalue weighted by Crippen LogP contribution is -2.26. The molecule has 1 aromatic heterocycles. The number of benzene rings is 11. The Morgan fingerprint density at radius 3 is 2.03 bits per heavy atom. The average Bonchev–Trinajstić information content (AvgIpc) is 3.98. The smallest absolute Gasteiger partial charge is 0.159 e. The SMILES string of the molecule is c1ccc(Nc2ccc3c4c(ccc3c2)-c2cc3ccc(N(c5ccccc5)c5cccc6c5oc5ccccc56)cc3cc2C42c3ccccc3-c3c2ccc2ccccc32)cc1. The molecule has 64 heavy (non-hydrogen) atoms. The van der Waals surface area contributed by atoms with Crippen LogP contribution in [0.1, 0.15) is 22.3 Å². The minimum atomic E-state index is -0.558. The van der Waals surface area contributed by atoms with Crippen LogP contribution < -0.4 is 10.2 Å². The fourth-order valence-electron chi connectivity index (χ4n) is 11.3. The Morgan fingerprint density at radius 1 is 0.375 bits per heavy atom. The van der Waals surface area contributed by atoms with E-state index in [2.05, 4.69) is 229 Å². The number of hydrogen-bond donors (Lipinski definition) is 1. The predicted molar refractivity (Wildman–Crippen MR) is 267 cm³/mol. The van der Waals surface area contributed by atoms with Crippen molar-refractivity contribution in [3.05, 3.63) is 247 Å². The summed E-state index contributed by atoms with van der Waals surface area (Å²) in [4.78, 5) is 2.35. The van der Waals surface area contributed by atoms with E-state index in [1.807, 2.05) is 6.07 Å². The molecule has 12 aromatic rings. The van der Waals surface area contributed by atoms with Gasteiger partial charge in [0.2, 0.25) is 0 Å². The zero-order chi connectivity index (χ0) is 41.9. The van der Waals surface area contributed by atoms with E-state index >= 15 is 0 Å². The molecule has 2 aliphatic rings. The van der Waals surface area contributed by atoms with Crippen LogP contribution in [0.4, 0.5) is 28.4 Å². The maximum Gasteiger partial charge on any atom is 0.159 e. The summed E-state index contributed by atoms with van der Waals surface area (Å²) in [6.45, 7) is 0. The molecule has 0 amide bonds. The van der Waals surface area contributed by atoms with Crippen molar-refractivity contribution >= 4 is 82.7 Å². The molecule has 1 N–H and O–H groups in total. The minimum Gasteiger partial charge on any atom is -0.454 e. The van der Waals surface area contributed by atoms with Crippen LogP contribution in [0, 0.1) is 0 Å². The largest absolute Gasteiger partial charge is 0.454 e. The first-order valence-corrected chi connectivity index (χ1v) is 22.1. The fraction of sp³-hybridized carbons (Fsp3) is 0.0164. The standard InChI is InChI=1S/C61H38N2O/c1-3-15-42(16-4-1)62-43-29-32-47-40(34-43)27-31-49-52-36-39-26-30-45(63(44-17-5-2-6-18-44)56-24-13-22-50-48-20-10-12-25-57(48)64-60(50)56)35-41(39)37-55(52)61(59(47)49)53-23-11-9-21-51(53)58-46-19-8-7-14-38(46)28-33-54(58)61/h1-37,62H. The molecule has 1 spiro atoms. The van der Waals surface area contributed by atoms with Gasteiger partial charge in [-0.05, 0) is 150 Å². The number of hydrogen-bond acceptors (Lipinski definition) is 3. The van der Waals surface area contributed by atoms with Crippen LogP contribution >= 0.6 is 0 Å². The highest BCUT2D eigenvalue weighted by Gasteiger charge is 2.53. The van der Waals surface area contributed by atoms with Gasteiger partial charge in [-0.2, -0.15) is 0 Å². The highest BCUT2D eigenvalue weighted by Crippen LogP contribution is 2.65. The van der Waals surface area contributed by atoms with Crippen molar-refractivity contribution in [2.45, 2.75) is 5.41 Å². The number of furan rings is 1. The Balaban J connectivity index is 1.04. The number of fused-ring (bicyclic) bond motifs is 18. The molecule has 0 radical (unpaired) electrons. The molecule has 2 aliphatic carbocycles. The first kappa shape index (κ1) is 35.2. The number of nitrogens with one attached hydrogen (secondary N) is 1. The molecular weight excluding hydrogens is 777 g/mol. The van der Waals surface area contributed by atoms with E-state index in [0.29, 0.717) is 0 Å². The highest BCUT2D eigenvalue weighted by molar-refractivity contribution is 6.13. The van der Waals surface area contributed by atoms with E-state index in [1.54, 1.807) is 0 Å². The van der Waals surface area contributed by atoms with E-state index in [9.17, 15) is 0 Å². The van der Waals surface area contributed by atoms with Gasteiger partial charge < -0.3 is 14.6 Å². The molecule has 0 fully saturated rings. The van der Waals surface area contributed by atoms with E-state index < -0.39 is 5.41 Å². The third-order valence-electron chi connectivity index (χ3n) is 13.9. The maximum absolute atomic E-state index is 6.68. The second kappa shape index (κ2) is 13.3. The molecule has 3 nitrogen and oxygen atoms in total. The molecule has 298 valence electrons. The highest BCUT2D eigenvalue weighted by atomic mass is 16.3. The van der Waals surface area contributed by atoms with Crippen LogP contribution in [0.25, 0.3) is 76.5 Å². The van der Waals surface area contributed by atoms with Crippen molar-refractivity contribution in [3.63, 3.8) is 0 Å². The van der Waals surface area contributed by atoms with Crippen LogP contribution in [0.15, 0.2) is 229 Å². The van der Waals surface area contributed by atoms with Gasteiger partial charge in [0.05, 0.1) is 11.1 Å². The summed E-state index contributed by atoms with van der Waals surface area (Å²) in [7, 11) is 0.